The molecule has 2 rings (SSSR count). The number of anilines is 1. The van der Waals surface area contributed by atoms with Crippen LogP contribution in [0.25, 0.3) is 0 Å². The van der Waals surface area contributed by atoms with Crippen LogP contribution in [-0.4, -0.2) is 14.7 Å². The van der Waals surface area contributed by atoms with Crippen LogP contribution in [-0.2, 0) is 10.0 Å². The van der Waals surface area contributed by atoms with Gasteiger partial charge >= 0.3 is 29.6 Å². The van der Waals surface area contributed by atoms with E-state index in [0.29, 0.717) is 10.6 Å². The summed E-state index contributed by atoms with van der Waals surface area (Å²) in [6.45, 7) is 0. The minimum absolute atomic E-state index is 0. The van der Waals surface area contributed by atoms with E-state index in [0.717, 1.165) is 30.2 Å². The van der Waals surface area contributed by atoms with Gasteiger partial charge in [-0.3, -0.25) is 4.72 Å². The van der Waals surface area contributed by atoms with Gasteiger partial charge in [0, 0.05) is 15.9 Å². The van der Waals surface area contributed by atoms with Crippen molar-refractivity contribution in [3.63, 3.8) is 0 Å². The zero-order valence-electron chi connectivity index (χ0n) is 11.4. The van der Waals surface area contributed by atoms with Crippen molar-refractivity contribution in [3.05, 3.63) is 54.1 Å². The molecule has 0 fully saturated rings. The molecule has 0 aliphatic heterocycles. The van der Waals surface area contributed by atoms with E-state index in [1.54, 1.807) is 24.3 Å². The van der Waals surface area contributed by atoms with Crippen LogP contribution < -0.4 is 34.3 Å². The van der Waals surface area contributed by atoms with Gasteiger partial charge in [0.05, 0.1) is 11.9 Å². The van der Waals surface area contributed by atoms with Crippen LogP contribution in [0.3, 0.4) is 0 Å². The minimum atomic E-state index is -3.43. The largest absolute Gasteiger partial charge is 1.00 e. The number of benzene rings is 2. The van der Waals surface area contributed by atoms with E-state index in [4.69, 9.17) is 0 Å². The second-order valence-electron chi connectivity index (χ2n) is 4.05. The molecule has 0 amide bonds. The van der Waals surface area contributed by atoms with Crippen LogP contribution in [0.1, 0.15) is 0 Å². The van der Waals surface area contributed by atoms with Crippen LogP contribution in [0.15, 0.2) is 52.3 Å². The fraction of sp³-hybridized carbons (Fsp3) is 0.0769. The number of hydrogen-bond acceptors (Lipinski definition) is 3. The Morgan fingerprint density at radius 2 is 1.71 bits per heavy atom. The molecule has 0 spiro atoms. The molecule has 0 aliphatic carbocycles. The number of hydrogen-bond donors (Lipinski definition) is 1. The maximum absolute atomic E-state index is 13.6. The van der Waals surface area contributed by atoms with Crippen LogP contribution in [0.4, 0.5) is 14.5 Å². The summed E-state index contributed by atoms with van der Waals surface area (Å²) in [5.74, 6) is -1.35. The van der Waals surface area contributed by atoms with Gasteiger partial charge in [-0.05, 0) is 24.3 Å². The summed E-state index contributed by atoms with van der Waals surface area (Å²) >= 11 is 1.02. The molecule has 3 nitrogen and oxygen atoms in total. The Hall–Kier alpha value is -0.600. The zero-order chi connectivity index (χ0) is 14.8. The van der Waals surface area contributed by atoms with Crippen molar-refractivity contribution in [1.82, 2.24) is 0 Å². The summed E-state index contributed by atoms with van der Waals surface area (Å²) < 4.78 is 51.4. The summed E-state index contributed by atoms with van der Waals surface area (Å²) in [5, 5.41) is 0. The van der Waals surface area contributed by atoms with E-state index >= 15 is 0 Å². The molecule has 0 unspecified atom stereocenters. The van der Waals surface area contributed by atoms with Crippen LogP contribution in [0, 0.1) is 11.6 Å². The third-order valence-electron chi connectivity index (χ3n) is 2.30. The molecular formula is C13H11F2NNaO2S2+. The predicted molar refractivity (Wildman–Crippen MR) is 75.4 cm³/mol. The van der Waals surface area contributed by atoms with Gasteiger partial charge < -0.3 is 0 Å². The van der Waals surface area contributed by atoms with Crippen molar-refractivity contribution in [2.24, 2.45) is 0 Å². The van der Waals surface area contributed by atoms with Gasteiger partial charge in [0.1, 0.15) is 11.6 Å². The van der Waals surface area contributed by atoms with Crippen LogP contribution in [0.5, 0.6) is 0 Å². The second-order valence-corrected chi connectivity index (χ2v) is 6.88. The number of nitrogens with one attached hydrogen (secondary N) is 1. The fourth-order valence-electron chi connectivity index (χ4n) is 1.52. The van der Waals surface area contributed by atoms with Gasteiger partial charge in [-0.15, -0.1) is 0 Å². The summed E-state index contributed by atoms with van der Waals surface area (Å²) in [7, 11) is -3.43. The Bertz CT molecular complexity index is 739. The van der Waals surface area contributed by atoms with Gasteiger partial charge in [0.25, 0.3) is 0 Å². The first-order chi connectivity index (χ1) is 9.35. The van der Waals surface area contributed by atoms with Gasteiger partial charge in [-0.25, -0.2) is 17.2 Å². The molecule has 0 aliphatic rings. The standard InChI is InChI=1S/C13H11F2NO2S2.Na/c1-20(17,18)16-11-4-2-3-5-13(11)19-12-7-6-9(14)8-10(12)15;/h2-8,16H,1H3;/q;+1. The maximum Gasteiger partial charge on any atom is 1.00 e. The van der Waals surface area contributed by atoms with E-state index < -0.39 is 21.7 Å². The molecule has 2 aromatic carbocycles. The Balaban J connectivity index is 0.00000220. The Labute approximate surface area is 148 Å². The average molecular weight is 338 g/mol. The van der Waals surface area contributed by atoms with Gasteiger partial charge in [0.2, 0.25) is 10.0 Å². The number of rotatable bonds is 4. The first-order valence-corrected chi connectivity index (χ1v) is 8.26. The fourth-order valence-corrected chi connectivity index (χ4v) is 3.06. The molecule has 0 heterocycles. The molecule has 8 heteroatoms. The number of para-hydroxylation sites is 1. The molecule has 1 N–H and O–H groups in total. The molecule has 0 saturated carbocycles. The van der Waals surface area contributed by atoms with Crippen molar-refractivity contribution in [3.8, 4) is 0 Å². The second kappa shape index (κ2) is 7.60. The molecule has 106 valence electrons. The first kappa shape index (κ1) is 18.4. The monoisotopic (exact) mass is 338 g/mol. The summed E-state index contributed by atoms with van der Waals surface area (Å²) in [5.41, 5.74) is 0.351. The van der Waals surface area contributed by atoms with E-state index in [-0.39, 0.29) is 34.5 Å². The SMILES string of the molecule is CS(=O)(=O)Nc1ccccc1Sc1ccc(F)cc1F.[Na+]. The predicted octanol–water partition coefficient (Wildman–Crippen LogP) is 0.491. The molecule has 21 heavy (non-hydrogen) atoms. The molecule has 0 aromatic heterocycles. The average Bonchev–Trinajstić information content (AvgIpc) is 2.33. The van der Waals surface area contributed by atoms with E-state index in [1.165, 1.54) is 6.07 Å². The van der Waals surface area contributed by atoms with Crippen molar-refractivity contribution in [1.29, 1.82) is 0 Å². The van der Waals surface area contributed by atoms with Crippen molar-refractivity contribution < 1.29 is 46.8 Å². The minimum Gasteiger partial charge on any atom is -0.283 e. The van der Waals surface area contributed by atoms with Gasteiger partial charge in [0.15, 0.2) is 0 Å². The topological polar surface area (TPSA) is 46.2 Å². The van der Waals surface area contributed by atoms with E-state index in [9.17, 15) is 17.2 Å². The van der Waals surface area contributed by atoms with Crippen molar-refractivity contribution in [2.45, 2.75) is 9.79 Å². The summed E-state index contributed by atoms with van der Waals surface area (Å²) in [6.07, 6.45) is 1.03. The van der Waals surface area contributed by atoms with Crippen molar-refractivity contribution >= 4 is 27.5 Å². The zero-order valence-corrected chi connectivity index (χ0v) is 15.1. The Morgan fingerprint density at radius 1 is 1.05 bits per heavy atom. The van der Waals surface area contributed by atoms with Crippen molar-refractivity contribution in [2.75, 3.05) is 11.0 Å². The Kier molecular flexibility index (Phi) is 6.68. The Morgan fingerprint density at radius 3 is 2.33 bits per heavy atom. The molecular weight excluding hydrogens is 327 g/mol. The number of halogens is 2. The summed E-state index contributed by atoms with van der Waals surface area (Å²) in [4.78, 5) is 0.748. The number of sulfonamides is 1. The molecule has 0 bridgehead atoms. The third kappa shape index (κ3) is 5.60. The quantitative estimate of drug-likeness (QED) is 0.826. The van der Waals surface area contributed by atoms with Gasteiger partial charge in [-0.2, -0.15) is 0 Å². The maximum atomic E-state index is 13.6. The first-order valence-electron chi connectivity index (χ1n) is 5.55. The molecule has 0 atom stereocenters. The molecule has 2 aromatic rings. The van der Waals surface area contributed by atoms with Crippen LogP contribution in [0.2, 0.25) is 0 Å². The molecule has 0 saturated heterocycles. The van der Waals surface area contributed by atoms with Gasteiger partial charge in [-0.1, -0.05) is 23.9 Å². The molecule has 0 radical (unpaired) electrons. The van der Waals surface area contributed by atoms with E-state index in [2.05, 4.69) is 4.72 Å². The van der Waals surface area contributed by atoms with Crippen LogP contribution >= 0.6 is 11.8 Å². The normalized spacial score (nSPS) is 10.8. The smallest absolute Gasteiger partial charge is 0.283 e. The summed E-state index contributed by atoms with van der Waals surface area (Å²) in [6, 6.07) is 9.85. The third-order valence-corrected chi connectivity index (χ3v) is 4.01. The van der Waals surface area contributed by atoms with E-state index in [1.807, 2.05) is 0 Å².